The van der Waals surface area contributed by atoms with Crippen LogP contribution in [0.1, 0.15) is 33.6 Å². The van der Waals surface area contributed by atoms with Crippen LogP contribution in [0.2, 0.25) is 0 Å². The minimum atomic E-state index is 0.139. The summed E-state index contributed by atoms with van der Waals surface area (Å²) in [5, 5.41) is 0. The molecule has 0 bridgehead atoms. The summed E-state index contributed by atoms with van der Waals surface area (Å²) in [6.45, 7) is 7.46. The van der Waals surface area contributed by atoms with E-state index in [0.717, 1.165) is 6.54 Å². The Hall–Kier alpha value is -0.570. The van der Waals surface area contributed by atoms with Crippen LogP contribution in [-0.4, -0.2) is 47.4 Å². The van der Waals surface area contributed by atoms with Crippen molar-refractivity contribution in [3.63, 3.8) is 0 Å². The van der Waals surface area contributed by atoms with Crippen LogP contribution >= 0.6 is 0 Å². The quantitative estimate of drug-likeness (QED) is 0.602. The average Bonchev–Trinajstić information content (AvgIpc) is 2.70. The molecule has 15 heavy (non-hydrogen) atoms. The van der Waals surface area contributed by atoms with Gasteiger partial charge in [0.05, 0.1) is 5.92 Å². The van der Waals surface area contributed by atoms with Crippen LogP contribution in [0, 0.1) is 5.92 Å². The lowest BCUT2D eigenvalue weighted by molar-refractivity contribution is -0.135. The predicted molar refractivity (Wildman–Crippen MR) is 60.6 cm³/mol. The molecule has 0 saturated carbocycles. The third-order valence-electron chi connectivity index (χ3n) is 4.54. The Labute approximate surface area is 92.4 Å². The van der Waals surface area contributed by atoms with Crippen molar-refractivity contribution < 1.29 is 4.79 Å². The van der Waals surface area contributed by atoms with Crippen molar-refractivity contribution in [3.05, 3.63) is 0 Å². The highest BCUT2D eigenvalue weighted by atomic mass is 16.2. The van der Waals surface area contributed by atoms with E-state index in [4.69, 9.17) is 0 Å². The van der Waals surface area contributed by atoms with E-state index in [1.165, 1.54) is 12.8 Å². The van der Waals surface area contributed by atoms with Gasteiger partial charge in [0.1, 0.15) is 0 Å². The summed E-state index contributed by atoms with van der Waals surface area (Å²) in [5.74, 6) is 0.502. The number of rotatable bonds is 0. The van der Waals surface area contributed by atoms with E-state index >= 15 is 0 Å². The molecule has 3 heteroatoms. The first-order valence-electron chi connectivity index (χ1n) is 6.06. The molecule has 2 unspecified atom stereocenters. The molecule has 0 N–H and O–H groups in total. The van der Waals surface area contributed by atoms with E-state index in [9.17, 15) is 4.79 Å². The zero-order valence-electron chi connectivity index (χ0n) is 10.2. The van der Waals surface area contributed by atoms with Crippen molar-refractivity contribution >= 4 is 5.91 Å². The van der Waals surface area contributed by atoms with Crippen molar-refractivity contribution in [1.29, 1.82) is 0 Å². The SMILES string of the molecule is CC1C(=O)N2CCC[C@H]2[C@H](C)N(C)C1C. The second-order valence-corrected chi connectivity index (χ2v) is 5.18. The molecular weight excluding hydrogens is 188 g/mol. The third kappa shape index (κ3) is 1.57. The fraction of sp³-hybridized carbons (Fsp3) is 0.917. The van der Waals surface area contributed by atoms with Crippen molar-refractivity contribution in [2.24, 2.45) is 5.92 Å². The zero-order chi connectivity index (χ0) is 11.2. The second kappa shape index (κ2) is 3.78. The number of hydrogen-bond donors (Lipinski definition) is 0. The van der Waals surface area contributed by atoms with Gasteiger partial charge in [0.25, 0.3) is 0 Å². The first-order valence-corrected chi connectivity index (χ1v) is 6.06. The molecule has 1 amide bonds. The van der Waals surface area contributed by atoms with Gasteiger partial charge in [0.15, 0.2) is 0 Å². The highest BCUT2D eigenvalue weighted by Crippen LogP contribution is 2.30. The van der Waals surface area contributed by atoms with Gasteiger partial charge in [0, 0.05) is 24.7 Å². The molecule has 2 aliphatic rings. The average molecular weight is 210 g/mol. The summed E-state index contributed by atoms with van der Waals surface area (Å²) >= 11 is 0. The number of amides is 1. The van der Waals surface area contributed by atoms with Crippen molar-refractivity contribution in [2.75, 3.05) is 13.6 Å². The lowest BCUT2D eigenvalue weighted by Gasteiger charge is -2.33. The Morgan fingerprint density at radius 1 is 1.20 bits per heavy atom. The number of likely N-dealkylation sites (N-methyl/N-ethyl adjacent to an activating group) is 1. The van der Waals surface area contributed by atoms with Gasteiger partial charge in [-0.1, -0.05) is 6.92 Å². The predicted octanol–water partition coefficient (Wildman–Crippen LogP) is 1.34. The Morgan fingerprint density at radius 2 is 1.87 bits per heavy atom. The number of carbonyl (C=O) groups is 1. The molecule has 2 saturated heterocycles. The minimum absolute atomic E-state index is 0.139. The Bertz CT molecular complexity index is 266. The fourth-order valence-electron chi connectivity index (χ4n) is 3.03. The van der Waals surface area contributed by atoms with Gasteiger partial charge in [-0.05, 0) is 33.7 Å². The van der Waals surface area contributed by atoms with Gasteiger partial charge in [-0.2, -0.15) is 0 Å². The molecule has 0 aromatic heterocycles. The highest BCUT2D eigenvalue weighted by molar-refractivity contribution is 5.80. The summed E-state index contributed by atoms with van der Waals surface area (Å²) in [4.78, 5) is 16.7. The van der Waals surface area contributed by atoms with Crippen molar-refractivity contribution in [2.45, 2.75) is 51.7 Å². The molecule has 3 nitrogen and oxygen atoms in total. The van der Waals surface area contributed by atoms with Crippen LogP contribution < -0.4 is 0 Å². The van der Waals surface area contributed by atoms with E-state index in [1.54, 1.807) is 0 Å². The Balaban J connectivity index is 2.30. The maximum Gasteiger partial charge on any atom is 0.227 e. The van der Waals surface area contributed by atoms with Crippen LogP contribution in [-0.2, 0) is 4.79 Å². The van der Waals surface area contributed by atoms with Gasteiger partial charge < -0.3 is 4.90 Å². The molecule has 2 heterocycles. The minimum Gasteiger partial charge on any atom is -0.338 e. The number of fused-ring (bicyclic) bond motifs is 1. The van der Waals surface area contributed by atoms with E-state index < -0.39 is 0 Å². The molecule has 0 radical (unpaired) electrons. The maximum absolute atomic E-state index is 12.2. The van der Waals surface area contributed by atoms with Gasteiger partial charge in [-0.3, -0.25) is 9.69 Å². The van der Waals surface area contributed by atoms with E-state index in [0.29, 0.717) is 24.0 Å². The van der Waals surface area contributed by atoms with Gasteiger partial charge in [-0.25, -0.2) is 0 Å². The topological polar surface area (TPSA) is 23.6 Å². The van der Waals surface area contributed by atoms with E-state index in [2.05, 4.69) is 37.6 Å². The lowest BCUT2D eigenvalue weighted by atomic mass is 10.0. The smallest absolute Gasteiger partial charge is 0.227 e. The highest BCUT2D eigenvalue weighted by Gasteiger charge is 2.42. The van der Waals surface area contributed by atoms with Crippen LogP contribution in [0.5, 0.6) is 0 Å². The first-order chi connectivity index (χ1) is 7.04. The maximum atomic E-state index is 12.2. The molecular formula is C12H22N2O. The monoisotopic (exact) mass is 210 g/mol. The third-order valence-corrected chi connectivity index (χ3v) is 4.54. The van der Waals surface area contributed by atoms with Crippen molar-refractivity contribution in [1.82, 2.24) is 9.80 Å². The van der Waals surface area contributed by atoms with Gasteiger partial charge in [0.2, 0.25) is 5.91 Å². The molecule has 0 spiro atoms. The molecule has 0 aromatic rings. The number of carbonyl (C=O) groups excluding carboxylic acids is 1. The van der Waals surface area contributed by atoms with E-state index in [-0.39, 0.29) is 5.92 Å². The summed E-state index contributed by atoms with van der Waals surface area (Å²) < 4.78 is 0. The standard InChI is InChI=1S/C12H22N2O/c1-8-9(2)13(4)10(3)11-6-5-7-14(11)12(8)15/h8-11H,5-7H2,1-4H3/t8?,9?,10-,11-/m0/s1. The second-order valence-electron chi connectivity index (χ2n) is 5.18. The molecule has 4 atom stereocenters. The van der Waals surface area contributed by atoms with Gasteiger partial charge >= 0.3 is 0 Å². The molecule has 2 fully saturated rings. The lowest BCUT2D eigenvalue weighted by Crippen LogP contribution is -2.45. The largest absolute Gasteiger partial charge is 0.338 e. The normalized spacial score (nSPS) is 42.9. The van der Waals surface area contributed by atoms with Gasteiger partial charge in [-0.15, -0.1) is 0 Å². The van der Waals surface area contributed by atoms with E-state index in [1.807, 2.05) is 0 Å². The van der Waals surface area contributed by atoms with Crippen molar-refractivity contribution in [3.8, 4) is 0 Å². The van der Waals surface area contributed by atoms with Crippen LogP contribution in [0.15, 0.2) is 0 Å². The number of nitrogens with zero attached hydrogens (tertiary/aromatic N) is 2. The zero-order valence-corrected chi connectivity index (χ0v) is 10.2. The summed E-state index contributed by atoms with van der Waals surface area (Å²) in [5.41, 5.74) is 0. The molecule has 86 valence electrons. The molecule has 2 aliphatic heterocycles. The van der Waals surface area contributed by atoms with Crippen LogP contribution in [0.4, 0.5) is 0 Å². The molecule has 0 aliphatic carbocycles. The van der Waals surface area contributed by atoms with Crippen LogP contribution in [0.3, 0.4) is 0 Å². The number of hydrogen-bond acceptors (Lipinski definition) is 2. The first kappa shape index (κ1) is 10.9. The summed E-state index contributed by atoms with van der Waals surface area (Å²) in [6.07, 6.45) is 2.35. The van der Waals surface area contributed by atoms with Crippen LogP contribution in [0.25, 0.3) is 0 Å². The molecule has 0 aromatic carbocycles. The fourth-order valence-corrected chi connectivity index (χ4v) is 3.03. The summed E-state index contributed by atoms with van der Waals surface area (Å²) in [6, 6.07) is 1.31. The summed E-state index contributed by atoms with van der Waals surface area (Å²) in [7, 11) is 2.15. The molecule has 2 rings (SSSR count). The Morgan fingerprint density at radius 3 is 2.53 bits per heavy atom. The Kier molecular flexibility index (Phi) is 2.75.